The van der Waals surface area contributed by atoms with Gasteiger partial charge in [0, 0.05) is 13.0 Å². The Kier molecular flexibility index (Phi) is 6.90. The van der Waals surface area contributed by atoms with E-state index in [0.717, 1.165) is 35.9 Å². The Balaban J connectivity index is 1.65. The van der Waals surface area contributed by atoms with Gasteiger partial charge in [-0.25, -0.2) is 4.98 Å². The Labute approximate surface area is 176 Å². The number of nitrogens with two attached hydrogens (primary N) is 1. The molecule has 1 aliphatic carbocycles. The van der Waals surface area contributed by atoms with Gasteiger partial charge in [0.15, 0.2) is 5.13 Å². The lowest BCUT2D eigenvalue weighted by Crippen LogP contribution is -2.48. The van der Waals surface area contributed by atoms with Gasteiger partial charge in [-0.15, -0.1) is 0 Å². The molecule has 1 aromatic carbocycles. The van der Waals surface area contributed by atoms with E-state index in [1.165, 1.54) is 23.3 Å². The van der Waals surface area contributed by atoms with Crippen LogP contribution in [0.25, 0.3) is 10.2 Å². The van der Waals surface area contributed by atoms with E-state index in [1.807, 2.05) is 32.9 Å². The van der Waals surface area contributed by atoms with Crippen LogP contribution in [0.15, 0.2) is 18.2 Å². The number of rotatable bonds is 7. The molecule has 2 amide bonds. The normalized spacial score (nSPS) is 17.3. The number of carbonyl (C=O) groups excluding carboxylic acids is 2. The highest BCUT2D eigenvalue weighted by molar-refractivity contribution is 7.22. The molecule has 3 rings (SSSR count). The third kappa shape index (κ3) is 5.54. The molecule has 1 fully saturated rings. The zero-order valence-electron chi connectivity index (χ0n) is 17.6. The van der Waals surface area contributed by atoms with Crippen LogP contribution >= 0.6 is 11.3 Å². The van der Waals surface area contributed by atoms with Crippen molar-refractivity contribution in [3.05, 3.63) is 23.8 Å². The molecule has 7 heteroatoms. The van der Waals surface area contributed by atoms with Gasteiger partial charge in [-0.1, -0.05) is 50.5 Å². The van der Waals surface area contributed by atoms with E-state index < -0.39 is 6.04 Å². The molecular formula is C22H32N4O2S. The minimum absolute atomic E-state index is 0.0370. The van der Waals surface area contributed by atoms with Crippen LogP contribution in [0.2, 0.25) is 0 Å². The van der Waals surface area contributed by atoms with Gasteiger partial charge in [0.2, 0.25) is 11.8 Å². The van der Waals surface area contributed by atoms with Crippen molar-refractivity contribution in [2.45, 2.75) is 65.3 Å². The topological polar surface area (TPSA) is 97.1 Å². The highest BCUT2D eigenvalue weighted by Gasteiger charge is 2.35. The lowest BCUT2D eigenvalue weighted by atomic mass is 9.71. The number of aryl methyl sites for hydroxylation is 1. The van der Waals surface area contributed by atoms with E-state index in [0.29, 0.717) is 18.1 Å². The lowest BCUT2D eigenvalue weighted by Gasteiger charge is -2.37. The van der Waals surface area contributed by atoms with Crippen molar-refractivity contribution in [1.29, 1.82) is 0 Å². The third-order valence-corrected chi connectivity index (χ3v) is 6.83. The second-order valence-electron chi connectivity index (χ2n) is 8.76. The summed E-state index contributed by atoms with van der Waals surface area (Å²) in [5, 5.41) is 6.63. The largest absolute Gasteiger partial charge is 0.354 e. The fourth-order valence-electron chi connectivity index (χ4n) is 4.00. The second-order valence-corrected chi connectivity index (χ2v) is 9.79. The summed E-state index contributed by atoms with van der Waals surface area (Å²) in [6.07, 6.45) is 5.62. The van der Waals surface area contributed by atoms with E-state index in [1.54, 1.807) is 0 Å². The van der Waals surface area contributed by atoms with Crippen molar-refractivity contribution in [3.8, 4) is 0 Å². The van der Waals surface area contributed by atoms with Gasteiger partial charge in [0.1, 0.15) is 0 Å². The number of anilines is 1. The van der Waals surface area contributed by atoms with Crippen molar-refractivity contribution >= 4 is 38.5 Å². The van der Waals surface area contributed by atoms with Gasteiger partial charge in [-0.2, -0.15) is 0 Å². The summed E-state index contributed by atoms with van der Waals surface area (Å²) in [5.74, 6) is -0.0831. The molecule has 0 spiro atoms. The smallest absolute Gasteiger partial charge is 0.237 e. The van der Waals surface area contributed by atoms with Crippen LogP contribution in [0.4, 0.5) is 5.13 Å². The van der Waals surface area contributed by atoms with Crippen molar-refractivity contribution in [1.82, 2.24) is 10.3 Å². The first-order chi connectivity index (χ1) is 13.8. The highest BCUT2D eigenvalue weighted by atomic mass is 32.1. The van der Waals surface area contributed by atoms with Crippen molar-refractivity contribution in [2.24, 2.45) is 17.1 Å². The molecule has 0 saturated heterocycles. The molecular weight excluding hydrogens is 384 g/mol. The predicted molar refractivity (Wildman–Crippen MR) is 119 cm³/mol. The predicted octanol–water partition coefficient (Wildman–Crippen LogP) is 3.98. The van der Waals surface area contributed by atoms with Crippen LogP contribution in [0, 0.1) is 18.3 Å². The minimum Gasteiger partial charge on any atom is -0.354 e. The lowest BCUT2D eigenvalue weighted by molar-refractivity contribution is -0.125. The Hall–Kier alpha value is -1.99. The molecule has 2 aromatic rings. The number of thiazole rings is 1. The molecule has 4 N–H and O–H groups in total. The fourth-order valence-corrected chi connectivity index (χ4v) is 4.98. The van der Waals surface area contributed by atoms with Crippen LogP contribution in [0.1, 0.15) is 57.9 Å². The van der Waals surface area contributed by atoms with E-state index >= 15 is 0 Å². The maximum absolute atomic E-state index is 12.8. The van der Waals surface area contributed by atoms with Gasteiger partial charge in [0.05, 0.1) is 16.3 Å². The van der Waals surface area contributed by atoms with E-state index in [-0.39, 0.29) is 23.1 Å². The summed E-state index contributed by atoms with van der Waals surface area (Å²) in [7, 11) is 0. The third-order valence-electron chi connectivity index (χ3n) is 5.90. The van der Waals surface area contributed by atoms with Crippen LogP contribution in [-0.2, 0) is 9.59 Å². The first-order valence-electron chi connectivity index (χ1n) is 10.5. The maximum Gasteiger partial charge on any atom is 0.237 e. The average Bonchev–Trinajstić information content (AvgIpc) is 3.07. The monoisotopic (exact) mass is 416 g/mol. The molecule has 1 heterocycles. The number of aromatic nitrogens is 1. The van der Waals surface area contributed by atoms with Gasteiger partial charge >= 0.3 is 0 Å². The van der Waals surface area contributed by atoms with Crippen LogP contribution < -0.4 is 16.4 Å². The molecule has 6 nitrogen and oxygen atoms in total. The molecule has 0 bridgehead atoms. The molecule has 1 aromatic heterocycles. The summed E-state index contributed by atoms with van der Waals surface area (Å²) in [6, 6.07) is 5.57. The van der Waals surface area contributed by atoms with Gasteiger partial charge in [-0.05, 0) is 48.8 Å². The van der Waals surface area contributed by atoms with E-state index in [9.17, 15) is 9.59 Å². The first kappa shape index (κ1) is 21.7. The van der Waals surface area contributed by atoms with Crippen molar-refractivity contribution in [2.75, 3.05) is 11.9 Å². The summed E-state index contributed by atoms with van der Waals surface area (Å²) in [5.41, 5.74) is 7.84. The van der Waals surface area contributed by atoms with Crippen LogP contribution in [0.5, 0.6) is 0 Å². The first-order valence-corrected chi connectivity index (χ1v) is 11.3. The number of fused-ring (bicyclic) bond motifs is 1. The molecule has 158 valence electrons. The van der Waals surface area contributed by atoms with Crippen LogP contribution in [0.3, 0.4) is 0 Å². The molecule has 1 aliphatic rings. The standard InChI is InChI=1S/C22H32N4O2S/c1-14(2)19(23)20(28)24-13-22(9-5-4-6-10-22)12-18(27)26-21-25-16-8-7-15(3)11-17(16)29-21/h7-8,11,14,19H,4-6,9-10,12-13,23H2,1-3H3,(H,24,28)(H,25,26,27)/t19-/m1/s1. The van der Waals surface area contributed by atoms with Crippen LogP contribution in [-0.4, -0.2) is 29.4 Å². The molecule has 1 atom stereocenters. The summed E-state index contributed by atoms with van der Waals surface area (Å²) < 4.78 is 1.07. The zero-order chi connectivity index (χ0) is 21.0. The molecule has 1 saturated carbocycles. The van der Waals surface area contributed by atoms with E-state index in [4.69, 9.17) is 5.73 Å². The number of benzene rings is 1. The number of hydrogen-bond acceptors (Lipinski definition) is 5. The Bertz CT molecular complexity index is 871. The number of hydrogen-bond donors (Lipinski definition) is 3. The fraction of sp³-hybridized carbons (Fsp3) is 0.591. The van der Waals surface area contributed by atoms with Gasteiger partial charge < -0.3 is 16.4 Å². The van der Waals surface area contributed by atoms with Gasteiger partial charge in [-0.3, -0.25) is 9.59 Å². The average molecular weight is 417 g/mol. The Morgan fingerprint density at radius 1 is 1.24 bits per heavy atom. The second kappa shape index (κ2) is 9.22. The summed E-state index contributed by atoms with van der Waals surface area (Å²) in [4.78, 5) is 29.7. The molecule has 29 heavy (non-hydrogen) atoms. The summed E-state index contributed by atoms with van der Waals surface area (Å²) >= 11 is 1.50. The Morgan fingerprint density at radius 2 is 1.97 bits per heavy atom. The summed E-state index contributed by atoms with van der Waals surface area (Å²) in [6.45, 7) is 6.42. The number of nitrogens with one attached hydrogen (secondary N) is 2. The molecule has 0 radical (unpaired) electrons. The SMILES string of the molecule is Cc1ccc2nc(NC(=O)CC3(CNC(=O)[C@H](N)C(C)C)CCCCC3)sc2c1. The molecule has 0 aliphatic heterocycles. The van der Waals surface area contributed by atoms with Gasteiger partial charge in [0.25, 0.3) is 0 Å². The zero-order valence-corrected chi connectivity index (χ0v) is 18.4. The molecule has 0 unspecified atom stereocenters. The van der Waals surface area contributed by atoms with Crippen molar-refractivity contribution in [3.63, 3.8) is 0 Å². The van der Waals surface area contributed by atoms with E-state index in [2.05, 4.69) is 21.7 Å². The quantitative estimate of drug-likeness (QED) is 0.636. The number of carbonyl (C=O) groups is 2. The number of amides is 2. The number of nitrogens with zero attached hydrogens (tertiary/aromatic N) is 1. The Morgan fingerprint density at radius 3 is 2.66 bits per heavy atom. The maximum atomic E-state index is 12.8. The van der Waals surface area contributed by atoms with Crippen molar-refractivity contribution < 1.29 is 9.59 Å². The highest BCUT2D eigenvalue weighted by Crippen LogP contribution is 2.39. The minimum atomic E-state index is -0.518.